The van der Waals surface area contributed by atoms with Gasteiger partial charge in [0.2, 0.25) is 0 Å². The van der Waals surface area contributed by atoms with Crippen LogP contribution < -0.4 is 5.32 Å². The van der Waals surface area contributed by atoms with Gasteiger partial charge in [0.25, 0.3) is 5.91 Å². The molecule has 4 rings (SSSR count). The van der Waals surface area contributed by atoms with Crippen molar-refractivity contribution in [3.8, 4) is 0 Å². The van der Waals surface area contributed by atoms with Crippen LogP contribution in [-0.4, -0.2) is 41.1 Å². The number of amides is 1. The van der Waals surface area contributed by atoms with E-state index < -0.39 is 11.9 Å². The third-order valence-corrected chi connectivity index (χ3v) is 5.40. The highest BCUT2D eigenvalue weighted by atomic mass is 32.1. The number of esters is 1. The molecule has 4 heterocycles. The van der Waals surface area contributed by atoms with E-state index in [2.05, 4.69) is 15.5 Å². The van der Waals surface area contributed by atoms with Crippen molar-refractivity contribution >= 4 is 39.1 Å². The second kappa shape index (κ2) is 8.47. The number of fused-ring (bicyclic) bond motifs is 1. The first kappa shape index (κ1) is 19.8. The van der Waals surface area contributed by atoms with Gasteiger partial charge in [0, 0.05) is 18.0 Å². The van der Waals surface area contributed by atoms with Gasteiger partial charge in [-0.1, -0.05) is 5.16 Å². The smallest absolute Gasteiger partial charge is 0.350 e. The van der Waals surface area contributed by atoms with Crippen molar-refractivity contribution in [1.29, 1.82) is 0 Å². The number of aromatic nitrogens is 2. The van der Waals surface area contributed by atoms with Crippen LogP contribution in [0.2, 0.25) is 0 Å². The van der Waals surface area contributed by atoms with Crippen molar-refractivity contribution < 1.29 is 23.3 Å². The number of furan rings is 1. The lowest BCUT2D eigenvalue weighted by molar-refractivity contribution is 0.0607. The first-order valence-corrected chi connectivity index (χ1v) is 9.80. The number of carbonyl (C=O) groups is 2. The highest BCUT2D eigenvalue weighted by molar-refractivity contribution is 7.21. The second-order valence-electron chi connectivity index (χ2n) is 6.54. The average molecular weight is 426 g/mol. The molecule has 154 valence electrons. The first-order valence-electron chi connectivity index (χ1n) is 8.99. The number of methoxy groups -OCH3 is 1. The van der Waals surface area contributed by atoms with Crippen LogP contribution in [0.1, 0.15) is 31.7 Å². The van der Waals surface area contributed by atoms with E-state index in [1.165, 1.54) is 13.4 Å². The van der Waals surface area contributed by atoms with Crippen LogP contribution in [0.3, 0.4) is 0 Å². The highest BCUT2D eigenvalue weighted by Crippen LogP contribution is 2.36. The molecule has 0 aliphatic heterocycles. The van der Waals surface area contributed by atoms with Gasteiger partial charge in [-0.2, -0.15) is 0 Å². The monoisotopic (exact) mass is 426 g/mol. The Bertz CT molecular complexity index is 1170. The molecule has 4 aromatic heterocycles. The summed E-state index contributed by atoms with van der Waals surface area (Å²) >= 11 is 1.16. The normalized spacial score (nSPS) is 11.2. The molecule has 10 heteroatoms. The maximum Gasteiger partial charge on any atom is 0.350 e. The molecular formula is C20H18N4O5S. The Kier molecular flexibility index (Phi) is 5.59. The quantitative estimate of drug-likeness (QED) is 0.447. The summed E-state index contributed by atoms with van der Waals surface area (Å²) in [7, 11) is 3.24. The van der Waals surface area contributed by atoms with Crippen molar-refractivity contribution in [2.24, 2.45) is 0 Å². The highest BCUT2D eigenvalue weighted by Gasteiger charge is 2.23. The number of nitrogens with one attached hydrogen (secondary N) is 1. The lowest BCUT2D eigenvalue weighted by Crippen LogP contribution is -2.17. The van der Waals surface area contributed by atoms with Gasteiger partial charge >= 0.3 is 5.97 Å². The number of pyridine rings is 1. The molecule has 0 radical (unpaired) electrons. The van der Waals surface area contributed by atoms with E-state index in [-0.39, 0.29) is 10.6 Å². The summed E-state index contributed by atoms with van der Waals surface area (Å²) in [6.45, 7) is 1.15. The van der Waals surface area contributed by atoms with Gasteiger partial charge in [0.05, 0.1) is 37.5 Å². The van der Waals surface area contributed by atoms with Gasteiger partial charge in [-0.25, -0.2) is 9.78 Å². The molecule has 0 atom stereocenters. The number of anilines is 1. The molecule has 0 saturated carbocycles. The zero-order chi connectivity index (χ0) is 21.1. The summed E-state index contributed by atoms with van der Waals surface area (Å²) in [5.74, 6) is -0.105. The van der Waals surface area contributed by atoms with E-state index in [4.69, 9.17) is 13.7 Å². The molecule has 0 aromatic carbocycles. The fourth-order valence-electron chi connectivity index (χ4n) is 2.97. The number of nitrogens with zero attached hydrogens (tertiary/aromatic N) is 3. The molecule has 0 saturated heterocycles. The fraction of sp³-hybridized carbons (Fsp3) is 0.200. The number of hydrogen-bond acceptors (Lipinski definition) is 9. The van der Waals surface area contributed by atoms with Crippen molar-refractivity contribution in [2.45, 2.75) is 13.1 Å². The van der Waals surface area contributed by atoms with Crippen LogP contribution in [-0.2, 0) is 17.8 Å². The Balaban J connectivity index is 1.62. The molecule has 9 nitrogen and oxygen atoms in total. The predicted molar refractivity (Wildman–Crippen MR) is 109 cm³/mol. The lowest BCUT2D eigenvalue weighted by atomic mass is 10.2. The molecule has 1 N–H and O–H groups in total. The zero-order valence-corrected chi connectivity index (χ0v) is 17.1. The topological polar surface area (TPSA) is 111 Å². The third-order valence-electron chi connectivity index (χ3n) is 4.32. The van der Waals surface area contributed by atoms with Crippen LogP contribution in [0, 0.1) is 0 Å². The summed E-state index contributed by atoms with van der Waals surface area (Å²) in [4.78, 5) is 32.3. The maximum atomic E-state index is 12.5. The first-order chi connectivity index (χ1) is 14.5. The number of thiophene rings is 1. The minimum Gasteiger partial charge on any atom is -0.465 e. The Morgan fingerprint density at radius 2 is 2.10 bits per heavy atom. The minimum absolute atomic E-state index is 0.142. The molecule has 4 aromatic rings. The van der Waals surface area contributed by atoms with E-state index in [1.807, 2.05) is 30.1 Å². The summed E-state index contributed by atoms with van der Waals surface area (Å²) in [6.07, 6.45) is 3.01. The lowest BCUT2D eigenvalue weighted by Gasteiger charge is -2.14. The molecule has 30 heavy (non-hydrogen) atoms. The third kappa shape index (κ3) is 4.09. The summed E-state index contributed by atoms with van der Waals surface area (Å²) in [6, 6.07) is 8.66. The van der Waals surface area contributed by atoms with Crippen LogP contribution in [0.25, 0.3) is 10.2 Å². The Morgan fingerprint density at radius 3 is 2.80 bits per heavy atom. The molecular weight excluding hydrogens is 408 g/mol. The van der Waals surface area contributed by atoms with Crippen LogP contribution in [0.15, 0.2) is 51.7 Å². The maximum absolute atomic E-state index is 12.5. The van der Waals surface area contributed by atoms with E-state index in [0.29, 0.717) is 29.0 Å². The summed E-state index contributed by atoms with van der Waals surface area (Å²) in [5.41, 5.74) is 1.17. The average Bonchev–Trinajstić information content (AvgIpc) is 3.49. The minimum atomic E-state index is -0.545. The Morgan fingerprint density at radius 1 is 1.23 bits per heavy atom. The van der Waals surface area contributed by atoms with Gasteiger partial charge in [-0.05, 0) is 31.3 Å². The predicted octanol–water partition coefficient (Wildman–Crippen LogP) is 3.55. The van der Waals surface area contributed by atoms with Crippen LogP contribution in [0.5, 0.6) is 0 Å². The molecule has 0 spiro atoms. The van der Waals surface area contributed by atoms with E-state index in [0.717, 1.165) is 22.8 Å². The number of rotatable bonds is 7. The van der Waals surface area contributed by atoms with E-state index in [1.54, 1.807) is 18.3 Å². The van der Waals surface area contributed by atoms with Gasteiger partial charge in [-0.3, -0.25) is 9.69 Å². The molecule has 0 aliphatic carbocycles. The van der Waals surface area contributed by atoms with Crippen molar-refractivity contribution in [3.05, 3.63) is 64.9 Å². The zero-order valence-electron chi connectivity index (χ0n) is 16.2. The van der Waals surface area contributed by atoms with Gasteiger partial charge < -0.3 is 19.0 Å². The molecule has 0 fully saturated rings. The largest absolute Gasteiger partial charge is 0.465 e. The van der Waals surface area contributed by atoms with E-state index in [9.17, 15) is 9.59 Å². The van der Waals surface area contributed by atoms with Crippen molar-refractivity contribution in [1.82, 2.24) is 15.0 Å². The molecule has 0 bridgehead atoms. The van der Waals surface area contributed by atoms with E-state index >= 15 is 0 Å². The van der Waals surface area contributed by atoms with Gasteiger partial charge in [0.1, 0.15) is 9.71 Å². The fourth-order valence-corrected chi connectivity index (χ4v) is 4.04. The Labute approximate surface area is 175 Å². The SMILES string of the molecule is COC(=O)c1sc2nc(CN(C)Cc3ccno3)ccc2c1NC(=O)c1ccco1. The van der Waals surface area contributed by atoms with Crippen molar-refractivity contribution in [2.75, 3.05) is 19.5 Å². The number of ether oxygens (including phenoxy) is 1. The second-order valence-corrected chi connectivity index (χ2v) is 7.53. The number of carbonyl (C=O) groups excluding carboxylic acids is 2. The van der Waals surface area contributed by atoms with Crippen LogP contribution in [0.4, 0.5) is 5.69 Å². The molecule has 0 unspecified atom stereocenters. The number of hydrogen-bond donors (Lipinski definition) is 1. The standard InChI is InChI=1S/C20H18N4O5S/c1-24(11-13-7-8-21-29-13)10-12-5-6-14-16(23-18(25)15-4-3-9-28-15)17(20(26)27-2)30-19(14)22-12/h3-9H,10-11H2,1-2H3,(H,23,25). The van der Waals surface area contributed by atoms with Crippen molar-refractivity contribution in [3.63, 3.8) is 0 Å². The Hall–Kier alpha value is -3.50. The summed E-state index contributed by atoms with van der Waals surface area (Å²) in [5, 5.41) is 7.10. The van der Waals surface area contributed by atoms with Crippen LogP contribution >= 0.6 is 11.3 Å². The summed E-state index contributed by atoms with van der Waals surface area (Å²) < 4.78 is 15.1. The van der Waals surface area contributed by atoms with Gasteiger partial charge in [-0.15, -0.1) is 11.3 Å². The molecule has 1 amide bonds. The molecule has 0 aliphatic rings. The van der Waals surface area contributed by atoms with Gasteiger partial charge in [0.15, 0.2) is 11.5 Å².